The van der Waals surface area contributed by atoms with Crippen molar-refractivity contribution in [1.29, 1.82) is 0 Å². The first kappa shape index (κ1) is 18.4. The van der Waals surface area contributed by atoms with Crippen molar-refractivity contribution in [2.45, 2.75) is 32.2 Å². The van der Waals surface area contributed by atoms with Crippen LogP contribution in [0, 0.1) is 0 Å². The first-order chi connectivity index (χ1) is 13.6. The van der Waals surface area contributed by atoms with E-state index in [1.54, 1.807) is 11.3 Å². The van der Waals surface area contributed by atoms with Gasteiger partial charge in [0, 0.05) is 29.6 Å². The van der Waals surface area contributed by atoms with Gasteiger partial charge in [-0.25, -0.2) is 9.78 Å². The van der Waals surface area contributed by atoms with Gasteiger partial charge in [0.05, 0.1) is 6.04 Å². The number of likely N-dealkylation sites (tertiary alicyclic amines) is 1. The third-order valence-electron chi connectivity index (χ3n) is 4.99. The van der Waals surface area contributed by atoms with Crippen molar-refractivity contribution < 1.29 is 4.79 Å². The molecule has 0 spiro atoms. The lowest BCUT2D eigenvalue weighted by Gasteiger charge is -2.24. The maximum atomic E-state index is 12.9. The second-order valence-electron chi connectivity index (χ2n) is 6.86. The Labute approximate surface area is 167 Å². The van der Waals surface area contributed by atoms with E-state index in [1.165, 1.54) is 11.6 Å². The molecule has 1 aliphatic rings. The van der Waals surface area contributed by atoms with Crippen molar-refractivity contribution in [2.24, 2.45) is 0 Å². The third-order valence-corrected chi connectivity index (χ3v) is 5.69. The van der Waals surface area contributed by atoms with E-state index in [0.717, 1.165) is 30.6 Å². The summed E-state index contributed by atoms with van der Waals surface area (Å²) in [7, 11) is 0. The Morgan fingerprint density at radius 3 is 3.04 bits per heavy atom. The van der Waals surface area contributed by atoms with Crippen molar-refractivity contribution in [3.05, 3.63) is 68.8 Å². The fourth-order valence-corrected chi connectivity index (χ4v) is 4.29. The second kappa shape index (κ2) is 7.98. The molecular formula is C21H22N4O2S. The molecule has 2 amide bonds. The lowest BCUT2D eigenvalue weighted by Crippen LogP contribution is -2.34. The number of aryl methyl sites for hydroxylation is 1. The number of benzene rings is 1. The molecule has 3 heterocycles. The van der Waals surface area contributed by atoms with E-state index in [9.17, 15) is 9.59 Å². The number of hydrogen-bond acceptors (Lipinski definition) is 4. The number of anilines is 1. The molecule has 2 N–H and O–H groups in total. The number of hydrogen-bond donors (Lipinski definition) is 2. The van der Waals surface area contributed by atoms with E-state index in [2.05, 4.69) is 26.7 Å². The van der Waals surface area contributed by atoms with Gasteiger partial charge in [-0.3, -0.25) is 4.79 Å². The first-order valence-corrected chi connectivity index (χ1v) is 10.4. The normalized spacial score (nSPS) is 16.3. The number of nitrogens with one attached hydrogen (secondary N) is 2. The summed E-state index contributed by atoms with van der Waals surface area (Å²) in [5.41, 5.74) is 3.21. The largest absolute Gasteiger partial charge is 0.322 e. The van der Waals surface area contributed by atoms with Crippen LogP contribution in [-0.4, -0.2) is 27.4 Å². The summed E-state index contributed by atoms with van der Waals surface area (Å²) in [6.45, 7) is 2.71. The molecule has 0 bridgehead atoms. The predicted molar refractivity (Wildman–Crippen MR) is 112 cm³/mol. The number of aromatic amines is 1. The van der Waals surface area contributed by atoms with E-state index in [0.29, 0.717) is 17.9 Å². The number of nitrogens with zero attached hydrogens (tertiary/aromatic N) is 2. The predicted octanol–water partition coefficient (Wildman–Crippen LogP) is 4.43. The molecule has 6 nitrogen and oxygen atoms in total. The quantitative estimate of drug-likeness (QED) is 0.687. The molecule has 1 saturated heterocycles. The minimum atomic E-state index is -0.174. The zero-order valence-electron chi connectivity index (χ0n) is 15.6. The standard InChI is InChI=1S/C21H22N4O2S/c1-2-16-12-19(26)24-20(22-16)14-5-3-6-17(11-14)23-21(27)25-9-4-7-18(25)15-8-10-28-13-15/h3,5-6,8,10-13,18H,2,4,7,9H2,1H3,(H,23,27)(H,22,24,26). The molecular weight excluding hydrogens is 372 g/mol. The van der Waals surface area contributed by atoms with Crippen LogP contribution in [0.25, 0.3) is 11.4 Å². The third kappa shape index (κ3) is 3.84. The Balaban J connectivity index is 1.54. The van der Waals surface area contributed by atoms with Gasteiger partial charge >= 0.3 is 6.03 Å². The summed E-state index contributed by atoms with van der Waals surface area (Å²) in [5, 5.41) is 7.16. The summed E-state index contributed by atoms with van der Waals surface area (Å²) in [5.74, 6) is 0.512. The van der Waals surface area contributed by atoms with Crippen LogP contribution < -0.4 is 10.9 Å². The van der Waals surface area contributed by atoms with E-state index in [-0.39, 0.29) is 17.6 Å². The minimum Gasteiger partial charge on any atom is -0.317 e. The topological polar surface area (TPSA) is 78.1 Å². The van der Waals surface area contributed by atoms with Gasteiger partial charge in [-0.15, -0.1) is 0 Å². The zero-order valence-corrected chi connectivity index (χ0v) is 16.5. The Morgan fingerprint density at radius 2 is 2.25 bits per heavy atom. The van der Waals surface area contributed by atoms with Gasteiger partial charge in [-0.05, 0) is 53.8 Å². The number of aromatic nitrogens is 2. The monoisotopic (exact) mass is 394 g/mol. The maximum absolute atomic E-state index is 12.9. The number of thiophene rings is 1. The van der Waals surface area contributed by atoms with Crippen LogP contribution in [0.2, 0.25) is 0 Å². The highest BCUT2D eigenvalue weighted by Gasteiger charge is 2.30. The van der Waals surface area contributed by atoms with E-state index >= 15 is 0 Å². The minimum absolute atomic E-state index is 0.102. The Kier molecular flexibility index (Phi) is 5.25. The fraction of sp³-hybridized carbons (Fsp3) is 0.286. The number of H-pyrrole nitrogens is 1. The van der Waals surface area contributed by atoms with Crippen molar-refractivity contribution >= 4 is 23.1 Å². The molecule has 4 rings (SSSR count). The summed E-state index contributed by atoms with van der Waals surface area (Å²) in [6, 6.07) is 11.0. The molecule has 1 aliphatic heterocycles. The Bertz CT molecular complexity index is 1030. The molecule has 1 atom stereocenters. The SMILES string of the molecule is CCc1cc(=O)[nH]c(-c2cccc(NC(=O)N3CCCC3c3ccsc3)c2)n1. The van der Waals surface area contributed by atoms with Crippen LogP contribution in [0.3, 0.4) is 0 Å². The molecule has 28 heavy (non-hydrogen) atoms. The number of carbonyl (C=O) groups is 1. The summed E-state index contributed by atoms with van der Waals surface area (Å²) in [4.78, 5) is 33.9. The first-order valence-electron chi connectivity index (χ1n) is 9.44. The van der Waals surface area contributed by atoms with Crippen molar-refractivity contribution in [2.75, 3.05) is 11.9 Å². The number of carbonyl (C=O) groups excluding carboxylic acids is 1. The highest BCUT2D eigenvalue weighted by atomic mass is 32.1. The van der Waals surface area contributed by atoms with Crippen molar-refractivity contribution in [1.82, 2.24) is 14.9 Å². The molecule has 0 aliphatic carbocycles. The average molecular weight is 395 g/mol. The van der Waals surface area contributed by atoms with Gasteiger partial charge < -0.3 is 15.2 Å². The molecule has 1 unspecified atom stereocenters. The molecule has 2 aromatic heterocycles. The van der Waals surface area contributed by atoms with Gasteiger partial charge in [-0.2, -0.15) is 11.3 Å². The van der Waals surface area contributed by atoms with Crippen LogP contribution in [0.1, 0.15) is 37.1 Å². The van der Waals surface area contributed by atoms with E-state index in [1.807, 2.05) is 41.5 Å². The molecule has 1 aromatic carbocycles. The molecule has 3 aromatic rings. The van der Waals surface area contributed by atoms with Crippen molar-refractivity contribution in [3.8, 4) is 11.4 Å². The lowest BCUT2D eigenvalue weighted by molar-refractivity contribution is 0.207. The smallest absolute Gasteiger partial charge is 0.317 e. The number of amides is 2. The zero-order chi connectivity index (χ0) is 19.5. The van der Waals surface area contributed by atoms with Crippen molar-refractivity contribution in [3.63, 3.8) is 0 Å². The fourth-order valence-electron chi connectivity index (χ4n) is 3.59. The summed E-state index contributed by atoms with van der Waals surface area (Å²) in [6.07, 6.45) is 2.67. The van der Waals surface area contributed by atoms with E-state index < -0.39 is 0 Å². The molecule has 0 radical (unpaired) electrons. The molecule has 144 valence electrons. The highest BCUT2D eigenvalue weighted by molar-refractivity contribution is 7.08. The Morgan fingerprint density at radius 1 is 1.36 bits per heavy atom. The van der Waals surface area contributed by atoms with Gasteiger partial charge in [-0.1, -0.05) is 19.1 Å². The Hall–Kier alpha value is -2.93. The second-order valence-corrected chi connectivity index (χ2v) is 7.64. The van der Waals surface area contributed by atoms with Crippen LogP contribution in [-0.2, 0) is 6.42 Å². The summed E-state index contributed by atoms with van der Waals surface area (Å²) >= 11 is 1.65. The molecule has 1 fully saturated rings. The van der Waals surface area contributed by atoms with Gasteiger partial charge in [0.15, 0.2) is 0 Å². The van der Waals surface area contributed by atoms with Gasteiger partial charge in [0.2, 0.25) is 0 Å². The van der Waals surface area contributed by atoms with E-state index in [4.69, 9.17) is 0 Å². The highest BCUT2D eigenvalue weighted by Crippen LogP contribution is 2.33. The van der Waals surface area contributed by atoms with Gasteiger partial charge in [0.25, 0.3) is 5.56 Å². The van der Waals surface area contributed by atoms with Crippen LogP contribution >= 0.6 is 11.3 Å². The van der Waals surface area contributed by atoms with Crippen LogP contribution in [0.5, 0.6) is 0 Å². The molecule has 7 heteroatoms. The van der Waals surface area contributed by atoms with Crippen LogP contribution in [0.15, 0.2) is 52.0 Å². The maximum Gasteiger partial charge on any atom is 0.322 e. The van der Waals surface area contributed by atoms with Gasteiger partial charge in [0.1, 0.15) is 5.82 Å². The van der Waals surface area contributed by atoms with Crippen LogP contribution in [0.4, 0.5) is 10.5 Å². The summed E-state index contributed by atoms with van der Waals surface area (Å²) < 4.78 is 0. The molecule has 0 saturated carbocycles. The number of urea groups is 1. The average Bonchev–Trinajstić information content (AvgIpc) is 3.39. The number of rotatable bonds is 4. The lowest BCUT2D eigenvalue weighted by atomic mass is 10.1.